The third-order valence-corrected chi connectivity index (χ3v) is 10.6. The number of fused-ring (bicyclic) bond motifs is 10. The fourth-order valence-electron chi connectivity index (χ4n) is 9.27. The van der Waals surface area contributed by atoms with Gasteiger partial charge in [0.25, 0.3) is 0 Å². The third-order valence-electron chi connectivity index (χ3n) is 10.6. The second-order valence-electron chi connectivity index (χ2n) is 11.5. The largest absolute Gasteiger partial charge is 1.00 e. The van der Waals surface area contributed by atoms with Gasteiger partial charge >= 0.3 is 29.6 Å². The fraction of sp³-hybridized carbons (Fsp3) is 0.833. The quantitative estimate of drug-likeness (QED) is 0.641. The molecule has 0 aliphatic heterocycles. The number of carboxylic acids is 1. The van der Waals surface area contributed by atoms with E-state index in [2.05, 4.69) is 13.8 Å². The molecule has 4 nitrogen and oxygen atoms in total. The summed E-state index contributed by atoms with van der Waals surface area (Å²) in [6, 6.07) is 0. The van der Waals surface area contributed by atoms with Gasteiger partial charge in [0.1, 0.15) is 0 Å². The van der Waals surface area contributed by atoms with Crippen molar-refractivity contribution < 1.29 is 49.4 Å². The molecule has 1 unspecified atom stereocenters. The van der Waals surface area contributed by atoms with Gasteiger partial charge in [0.15, 0.2) is 5.78 Å². The van der Waals surface area contributed by atoms with Gasteiger partial charge in [-0.3, -0.25) is 4.79 Å². The van der Waals surface area contributed by atoms with E-state index in [0.717, 1.165) is 25.7 Å². The Kier molecular flexibility index (Phi) is 4.44. The van der Waals surface area contributed by atoms with Gasteiger partial charge in [-0.25, -0.2) is 0 Å². The summed E-state index contributed by atoms with van der Waals surface area (Å²) >= 11 is 0. The fourth-order valence-corrected chi connectivity index (χ4v) is 9.27. The van der Waals surface area contributed by atoms with Gasteiger partial charge in [-0.1, -0.05) is 19.4 Å². The van der Waals surface area contributed by atoms with Crippen LogP contribution in [0.5, 0.6) is 0 Å². The van der Waals surface area contributed by atoms with E-state index in [1.54, 1.807) is 0 Å². The van der Waals surface area contributed by atoms with Gasteiger partial charge in [0.05, 0.1) is 5.60 Å². The summed E-state index contributed by atoms with van der Waals surface area (Å²) < 4.78 is 0. The average molecular weight is 406 g/mol. The Hall–Kier alpha value is -0.160. The molecule has 5 saturated carbocycles. The predicted octanol–water partition coefficient (Wildman–Crippen LogP) is -0.505. The summed E-state index contributed by atoms with van der Waals surface area (Å²) in [7, 11) is 0. The molecule has 152 valence electrons. The molecule has 6 aliphatic carbocycles. The first kappa shape index (κ1) is 20.7. The van der Waals surface area contributed by atoms with E-state index >= 15 is 0 Å². The van der Waals surface area contributed by atoms with Crippen molar-refractivity contribution in [2.75, 3.05) is 0 Å². The number of carbonyl (C=O) groups is 2. The van der Waals surface area contributed by atoms with E-state index < -0.39 is 11.6 Å². The van der Waals surface area contributed by atoms with Crippen LogP contribution in [0.4, 0.5) is 0 Å². The molecule has 6 aliphatic rings. The first-order chi connectivity index (χ1) is 13.2. The van der Waals surface area contributed by atoms with Crippen LogP contribution in [0, 0.1) is 52.3 Å². The van der Waals surface area contributed by atoms with Crippen LogP contribution in [-0.2, 0) is 9.59 Å². The molecule has 10 atom stereocenters. The number of aliphatic carboxylic acids is 1. The van der Waals surface area contributed by atoms with E-state index in [9.17, 15) is 19.8 Å². The van der Waals surface area contributed by atoms with Crippen LogP contribution in [0.1, 0.15) is 65.2 Å². The normalized spacial score (nSPS) is 55.9. The molecule has 6 rings (SSSR count). The summed E-state index contributed by atoms with van der Waals surface area (Å²) in [6.45, 7) is 4.69. The minimum Gasteiger partial charge on any atom is -0.550 e. The number of carboxylic acid groups (broad SMARTS) is 1. The second kappa shape index (κ2) is 6.21. The molecule has 1 N–H and O–H groups in total. The zero-order valence-corrected chi connectivity index (χ0v) is 19.9. The Morgan fingerprint density at radius 2 is 1.97 bits per heavy atom. The minimum absolute atomic E-state index is 0. The van der Waals surface area contributed by atoms with Crippen molar-refractivity contribution in [1.29, 1.82) is 0 Å². The maximum Gasteiger partial charge on any atom is 1.00 e. The second-order valence-corrected chi connectivity index (χ2v) is 11.5. The summed E-state index contributed by atoms with van der Waals surface area (Å²) in [5, 5.41) is 22.9. The molecular formula is C24H31NaO4. The number of hydrogen-bond donors (Lipinski definition) is 1. The van der Waals surface area contributed by atoms with Crippen molar-refractivity contribution in [2.24, 2.45) is 52.3 Å². The molecule has 5 heteroatoms. The molecule has 0 amide bonds. The topological polar surface area (TPSA) is 77.4 Å². The van der Waals surface area contributed by atoms with Crippen molar-refractivity contribution >= 4 is 11.8 Å². The molecule has 0 spiro atoms. The number of carbonyl (C=O) groups excluding carboxylic acids is 2. The van der Waals surface area contributed by atoms with Gasteiger partial charge in [-0.2, -0.15) is 0 Å². The number of hydrogen-bond acceptors (Lipinski definition) is 4. The number of rotatable bonds is 3. The van der Waals surface area contributed by atoms with Crippen LogP contribution in [0.3, 0.4) is 0 Å². The number of aliphatic hydroxyl groups is 1. The van der Waals surface area contributed by atoms with Crippen LogP contribution in [0.2, 0.25) is 0 Å². The first-order valence-corrected chi connectivity index (χ1v) is 11.4. The van der Waals surface area contributed by atoms with Crippen molar-refractivity contribution in [3.63, 3.8) is 0 Å². The monoisotopic (exact) mass is 406 g/mol. The van der Waals surface area contributed by atoms with Crippen molar-refractivity contribution in [3.05, 3.63) is 11.6 Å². The molecule has 0 bridgehead atoms. The minimum atomic E-state index is -1.04. The van der Waals surface area contributed by atoms with E-state index in [1.165, 1.54) is 12.0 Å². The Morgan fingerprint density at radius 1 is 1.21 bits per heavy atom. The van der Waals surface area contributed by atoms with E-state index in [-0.39, 0.29) is 52.7 Å². The van der Waals surface area contributed by atoms with Crippen LogP contribution < -0.4 is 34.7 Å². The molecule has 0 aromatic carbocycles. The zero-order valence-electron chi connectivity index (χ0n) is 17.9. The predicted molar refractivity (Wildman–Crippen MR) is 101 cm³/mol. The summed E-state index contributed by atoms with van der Waals surface area (Å²) in [5.41, 5.74) is 0.619. The molecule has 0 saturated heterocycles. The molecule has 0 aromatic rings. The molecule has 0 heterocycles. The number of allylic oxidation sites excluding steroid dienone is 1. The van der Waals surface area contributed by atoms with E-state index in [0.29, 0.717) is 54.1 Å². The Balaban J connectivity index is 0.00000181. The van der Waals surface area contributed by atoms with Crippen molar-refractivity contribution in [3.8, 4) is 0 Å². The smallest absolute Gasteiger partial charge is 0.550 e. The van der Waals surface area contributed by atoms with Crippen molar-refractivity contribution in [1.82, 2.24) is 0 Å². The Labute approximate surface area is 195 Å². The van der Waals surface area contributed by atoms with Crippen LogP contribution in [-0.4, -0.2) is 22.5 Å². The average Bonchev–Trinajstić information content (AvgIpc) is 3.53. The third kappa shape index (κ3) is 2.46. The Morgan fingerprint density at radius 3 is 2.69 bits per heavy atom. The van der Waals surface area contributed by atoms with E-state index in [1.807, 2.05) is 6.08 Å². The van der Waals surface area contributed by atoms with Crippen LogP contribution in [0.25, 0.3) is 0 Å². The van der Waals surface area contributed by atoms with Crippen LogP contribution >= 0.6 is 0 Å². The first-order valence-electron chi connectivity index (χ1n) is 11.4. The van der Waals surface area contributed by atoms with Gasteiger partial charge in [0.2, 0.25) is 0 Å². The zero-order chi connectivity index (χ0) is 19.6. The van der Waals surface area contributed by atoms with Gasteiger partial charge in [-0.05, 0) is 103 Å². The summed E-state index contributed by atoms with van der Waals surface area (Å²) in [5.74, 6) is 3.20. The summed E-state index contributed by atoms with van der Waals surface area (Å²) in [4.78, 5) is 23.3. The SMILES string of the molecule is C[C@]12CCC(=O)C=C1[C@@H]1C[C@@H]1C1[C@@H]3[C@@H]4C[C@@H]4[C@@](O)(CCC(=O)[O-])[C@@]3(C)CC[C@@H]12.[Na+]. The van der Waals surface area contributed by atoms with E-state index in [4.69, 9.17) is 0 Å². The maximum absolute atomic E-state index is 12.1. The standard InChI is InChI=1S/C24H32O4.Na/c1-22-6-3-12(25)9-17(22)13-10-14(13)20-16(22)4-7-23(2)21(20)15-11-18(15)24(23,28)8-5-19(26)27;/h9,13-16,18,20-21,28H,3-8,10-11H2,1-2H3,(H,26,27);/q;+1/p-1/t13-,14+,15-,16+,18+,20?,21+,22-,23+,24+;/m1./s1. The molecule has 5 fully saturated rings. The van der Waals surface area contributed by atoms with Gasteiger partial charge in [-0.15, -0.1) is 0 Å². The molecular weight excluding hydrogens is 375 g/mol. The molecule has 29 heavy (non-hydrogen) atoms. The van der Waals surface area contributed by atoms with Gasteiger partial charge in [0, 0.05) is 12.4 Å². The van der Waals surface area contributed by atoms with Crippen molar-refractivity contribution in [2.45, 2.75) is 70.8 Å². The van der Waals surface area contributed by atoms with Crippen LogP contribution in [0.15, 0.2) is 11.6 Å². The molecule has 0 radical (unpaired) electrons. The maximum atomic E-state index is 12.1. The van der Waals surface area contributed by atoms with Gasteiger partial charge < -0.3 is 15.0 Å². The number of ketones is 1. The summed E-state index contributed by atoms with van der Waals surface area (Å²) in [6.07, 6.45) is 8.39. The Bertz CT molecular complexity index is 822. The molecule has 0 aromatic heterocycles.